The molecule has 23 nitrogen and oxygen atoms in total. The number of hydrogen-bond donors (Lipinski definition) is 11. The molecule has 0 radical (unpaired) electrons. The SMILES string of the molecule is CC(=O)N[C@H](Cc1ccc2ccccc2c1)C(=O)N[C@H](Cc1ccc(Cl)cc1)C(=O)N[C@H](Cc1ccccn1)C(=O)N[C@H](CCCN=C(N)N)C(=O)N[C@@H](CCCNC(N)=O)C(=O)N1CCC[C@H]1C(=O)N[C@H](C)C(N)=O. The van der Waals surface area contributed by atoms with Gasteiger partial charge in [-0.05, 0) is 91.6 Å². The third kappa shape index (κ3) is 18.5. The average Bonchev–Trinajstić information content (AvgIpc) is 3.89. The number of carbonyl (C=O) groups excluding carboxylic acids is 9. The first-order chi connectivity index (χ1) is 36.3. The van der Waals surface area contributed by atoms with Crippen LogP contribution in [0, 0.1) is 0 Å². The van der Waals surface area contributed by atoms with Crippen molar-refractivity contribution in [3.63, 3.8) is 0 Å². The zero-order chi connectivity index (χ0) is 55.3. The lowest BCUT2D eigenvalue weighted by Gasteiger charge is -2.30. The largest absolute Gasteiger partial charge is 0.370 e. The van der Waals surface area contributed by atoms with Crippen molar-refractivity contribution in [2.45, 2.75) is 114 Å². The molecule has 0 bridgehead atoms. The summed E-state index contributed by atoms with van der Waals surface area (Å²) < 4.78 is 0. The Morgan fingerprint density at radius 1 is 0.671 bits per heavy atom. The van der Waals surface area contributed by atoms with Gasteiger partial charge >= 0.3 is 6.03 Å². The lowest BCUT2D eigenvalue weighted by molar-refractivity contribution is -0.142. The Balaban J connectivity index is 1.44. The van der Waals surface area contributed by atoms with Gasteiger partial charge in [0.05, 0.1) is 0 Å². The maximum absolute atomic E-state index is 14.7. The molecule has 2 heterocycles. The molecule has 0 unspecified atom stereocenters. The normalized spacial score (nSPS) is 15.3. The number of benzene rings is 3. The van der Waals surface area contributed by atoms with Gasteiger partial charge in [0.15, 0.2) is 5.96 Å². The molecule has 1 aliphatic heterocycles. The van der Waals surface area contributed by atoms with E-state index < -0.39 is 95.6 Å². The van der Waals surface area contributed by atoms with Crippen LogP contribution in [0.25, 0.3) is 10.8 Å². The standard InChI is InChI=1S/C52H67ClN14O9/c1-30(44(54)69)61-49(74)43-15-9-25-67(43)50(75)39(14-8-24-60-52(57)76)64-45(70)38(13-7-23-59-51(55)56)63-48(73)42(29-37-12-5-6-22-58-37)66-47(72)41(27-32-17-20-36(53)21-18-32)65-46(71)40(62-31(2)68)28-33-16-19-34-10-3-4-11-35(34)26-33/h3-6,10-12,16-22,26,30,38-43H,7-9,13-15,23-25,27-29H2,1-2H3,(H2,54,69)(H,61,74)(H,62,68)(H,63,73)(H,64,70)(H,65,71)(H,66,72)(H4,55,56,59)(H3,57,60,76)/t30-,38-,39+,40-,41-,42-,43+/m1/s1. The number of likely N-dealkylation sites (tertiary alicyclic amines) is 1. The minimum Gasteiger partial charge on any atom is -0.370 e. The van der Waals surface area contributed by atoms with E-state index in [0.29, 0.717) is 22.7 Å². The number of guanidine groups is 1. The summed E-state index contributed by atoms with van der Waals surface area (Å²) in [6, 6.07) is 15.4. The molecule has 0 aliphatic carbocycles. The van der Waals surface area contributed by atoms with Crippen LogP contribution in [0.4, 0.5) is 4.79 Å². The zero-order valence-corrected chi connectivity index (χ0v) is 43.1. The molecule has 0 saturated carbocycles. The van der Waals surface area contributed by atoms with Crippen LogP contribution in [-0.4, -0.2) is 131 Å². The first-order valence-corrected chi connectivity index (χ1v) is 25.2. The predicted octanol–water partition coefficient (Wildman–Crippen LogP) is -0.157. The Bertz CT molecular complexity index is 2730. The van der Waals surface area contributed by atoms with Gasteiger partial charge in [-0.3, -0.25) is 48.3 Å². The highest BCUT2D eigenvalue weighted by atomic mass is 35.5. The molecule has 76 heavy (non-hydrogen) atoms. The van der Waals surface area contributed by atoms with Gasteiger partial charge in [0.25, 0.3) is 0 Å². The number of halogens is 1. The van der Waals surface area contributed by atoms with Crippen LogP contribution in [0.2, 0.25) is 5.02 Å². The van der Waals surface area contributed by atoms with Gasteiger partial charge in [-0.1, -0.05) is 72.3 Å². The number of nitrogens with two attached hydrogens (primary N) is 4. The van der Waals surface area contributed by atoms with E-state index in [1.807, 2.05) is 42.5 Å². The number of pyridine rings is 1. The monoisotopic (exact) mass is 1070 g/mol. The second-order valence-electron chi connectivity index (χ2n) is 18.4. The Morgan fingerprint density at radius 2 is 1.25 bits per heavy atom. The first-order valence-electron chi connectivity index (χ1n) is 24.9. The fourth-order valence-corrected chi connectivity index (χ4v) is 8.71. The number of nitrogens with one attached hydrogen (secondary N) is 7. The second kappa shape index (κ2) is 28.9. The predicted molar refractivity (Wildman–Crippen MR) is 284 cm³/mol. The highest BCUT2D eigenvalue weighted by molar-refractivity contribution is 6.30. The summed E-state index contributed by atoms with van der Waals surface area (Å²) in [6.07, 6.45) is 2.13. The van der Waals surface area contributed by atoms with Crippen molar-refractivity contribution < 1.29 is 43.2 Å². The van der Waals surface area contributed by atoms with Crippen molar-refractivity contribution in [1.82, 2.24) is 47.1 Å². The van der Waals surface area contributed by atoms with Gasteiger partial charge in [0.1, 0.15) is 42.3 Å². The molecule has 15 N–H and O–H groups in total. The number of carbonyl (C=O) groups is 9. The highest BCUT2D eigenvalue weighted by Crippen LogP contribution is 2.21. The van der Waals surface area contributed by atoms with Gasteiger partial charge in [-0.25, -0.2) is 4.79 Å². The first kappa shape index (κ1) is 58.5. The van der Waals surface area contributed by atoms with Gasteiger partial charge in [0.2, 0.25) is 47.3 Å². The van der Waals surface area contributed by atoms with E-state index in [-0.39, 0.29) is 77.0 Å². The minimum atomic E-state index is -1.44. The fourth-order valence-electron chi connectivity index (χ4n) is 8.58. The summed E-state index contributed by atoms with van der Waals surface area (Å²) in [5, 5.41) is 21.1. The molecule has 0 spiro atoms. The third-order valence-corrected chi connectivity index (χ3v) is 12.7. The molecule has 4 aromatic rings. The molecule has 3 aromatic carbocycles. The number of urea groups is 1. The van der Waals surface area contributed by atoms with Gasteiger partial charge in [-0.15, -0.1) is 0 Å². The van der Waals surface area contributed by atoms with Crippen LogP contribution >= 0.6 is 11.6 Å². The maximum atomic E-state index is 14.7. The Kier molecular flexibility index (Phi) is 22.3. The van der Waals surface area contributed by atoms with Gasteiger partial charge < -0.3 is 65.1 Å². The molecule has 1 aromatic heterocycles. The minimum absolute atomic E-state index is 0.0282. The zero-order valence-electron chi connectivity index (χ0n) is 42.4. The van der Waals surface area contributed by atoms with E-state index in [1.165, 1.54) is 24.9 Å². The van der Waals surface area contributed by atoms with Crippen molar-refractivity contribution in [3.8, 4) is 0 Å². The third-order valence-electron chi connectivity index (χ3n) is 12.5. The van der Waals surface area contributed by atoms with Crippen LogP contribution in [0.15, 0.2) is 96.1 Å². The number of amides is 10. The summed E-state index contributed by atoms with van der Waals surface area (Å²) in [4.78, 5) is 131. The molecule has 1 fully saturated rings. The van der Waals surface area contributed by atoms with Crippen molar-refractivity contribution in [2.75, 3.05) is 19.6 Å². The van der Waals surface area contributed by atoms with Crippen molar-refractivity contribution in [1.29, 1.82) is 0 Å². The fraction of sp³-hybridized carbons (Fsp3) is 0.404. The van der Waals surface area contributed by atoms with E-state index in [4.69, 9.17) is 34.5 Å². The maximum Gasteiger partial charge on any atom is 0.312 e. The van der Waals surface area contributed by atoms with Crippen LogP contribution in [0.1, 0.15) is 69.2 Å². The summed E-state index contributed by atoms with van der Waals surface area (Å²) in [7, 11) is 0. The molecule has 1 saturated heterocycles. The van der Waals surface area contributed by atoms with Crippen LogP contribution < -0.4 is 60.2 Å². The number of nitrogens with zero attached hydrogens (tertiary/aromatic N) is 3. The average molecular weight is 1070 g/mol. The quantitative estimate of drug-likeness (QED) is 0.0211. The van der Waals surface area contributed by atoms with E-state index in [0.717, 1.165) is 16.3 Å². The number of fused-ring (bicyclic) bond motifs is 1. The Morgan fingerprint density at radius 3 is 1.88 bits per heavy atom. The van der Waals surface area contributed by atoms with E-state index >= 15 is 0 Å². The molecular weight excluding hydrogens is 1000 g/mol. The van der Waals surface area contributed by atoms with E-state index in [1.54, 1.807) is 42.5 Å². The van der Waals surface area contributed by atoms with Crippen molar-refractivity contribution in [2.24, 2.45) is 27.9 Å². The Labute approximate surface area is 444 Å². The summed E-state index contributed by atoms with van der Waals surface area (Å²) in [6.45, 7) is 2.88. The number of primary amides is 2. The number of aromatic nitrogens is 1. The van der Waals surface area contributed by atoms with Crippen LogP contribution in [-0.2, 0) is 57.6 Å². The molecule has 7 atom stereocenters. The molecule has 24 heteroatoms. The summed E-state index contributed by atoms with van der Waals surface area (Å²) in [5.41, 5.74) is 23.5. The number of rotatable bonds is 27. The molecule has 10 amide bonds. The summed E-state index contributed by atoms with van der Waals surface area (Å²) >= 11 is 6.20. The van der Waals surface area contributed by atoms with Gasteiger partial charge in [0, 0.05) is 62.7 Å². The number of aliphatic imine (C=N–C) groups is 1. The highest BCUT2D eigenvalue weighted by Gasteiger charge is 2.39. The second-order valence-corrected chi connectivity index (χ2v) is 18.9. The molecule has 5 rings (SSSR count). The molecule has 1 aliphatic rings. The lowest BCUT2D eigenvalue weighted by Crippen LogP contribution is -2.60. The van der Waals surface area contributed by atoms with Crippen molar-refractivity contribution in [3.05, 3.63) is 113 Å². The number of hydrogen-bond acceptors (Lipinski definition) is 11. The lowest BCUT2D eigenvalue weighted by atomic mass is 9.99. The van der Waals surface area contributed by atoms with Crippen molar-refractivity contribution >= 4 is 81.6 Å². The Hall–Kier alpha value is -8.34. The molecular formula is C52H67ClN14O9. The smallest absolute Gasteiger partial charge is 0.312 e. The van der Waals surface area contributed by atoms with Gasteiger partial charge in [-0.2, -0.15) is 0 Å². The van der Waals surface area contributed by atoms with E-state index in [2.05, 4.69) is 47.2 Å². The van der Waals surface area contributed by atoms with E-state index in [9.17, 15) is 43.2 Å². The topological polar surface area (TPSA) is 370 Å². The van der Waals surface area contributed by atoms with Crippen LogP contribution in [0.3, 0.4) is 0 Å². The van der Waals surface area contributed by atoms with Crippen LogP contribution in [0.5, 0.6) is 0 Å². The molecule has 406 valence electrons. The summed E-state index contributed by atoms with van der Waals surface area (Å²) in [5.74, 6) is -5.91.